The van der Waals surface area contributed by atoms with Gasteiger partial charge in [0.2, 0.25) is 0 Å². The predicted octanol–water partition coefficient (Wildman–Crippen LogP) is 1.13. The first-order valence-electron chi connectivity index (χ1n) is 6.71. The highest BCUT2D eigenvalue weighted by Gasteiger charge is 2.32. The standard InChI is InChI=1S/C13H23N3O/c1-13(11-14,15-12-3-4-12)5-7-16-6-2-9-17-10-8-16/h12,15H,2-10H2,1H3. The molecule has 2 rings (SSSR count). The molecule has 17 heavy (non-hydrogen) atoms. The molecule has 1 aliphatic carbocycles. The van der Waals surface area contributed by atoms with E-state index in [0.717, 1.165) is 45.7 Å². The molecule has 1 saturated carbocycles. The van der Waals surface area contributed by atoms with Gasteiger partial charge in [0, 0.05) is 32.3 Å². The minimum absolute atomic E-state index is 0.353. The second kappa shape index (κ2) is 5.81. The molecule has 4 nitrogen and oxygen atoms in total. The lowest BCUT2D eigenvalue weighted by Crippen LogP contribution is -2.45. The van der Waals surface area contributed by atoms with Crippen molar-refractivity contribution >= 4 is 0 Å². The van der Waals surface area contributed by atoms with E-state index >= 15 is 0 Å². The van der Waals surface area contributed by atoms with E-state index < -0.39 is 0 Å². The Kier molecular flexibility index (Phi) is 4.38. The van der Waals surface area contributed by atoms with Gasteiger partial charge in [-0.05, 0) is 32.6 Å². The maximum Gasteiger partial charge on any atom is 0.105 e. The summed E-state index contributed by atoms with van der Waals surface area (Å²) in [7, 11) is 0. The molecule has 1 heterocycles. The highest BCUT2D eigenvalue weighted by molar-refractivity contribution is 5.07. The second-order valence-electron chi connectivity index (χ2n) is 5.42. The van der Waals surface area contributed by atoms with Gasteiger partial charge in [0.05, 0.1) is 12.7 Å². The molecule has 4 heteroatoms. The molecule has 1 saturated heterocycles. The van der Waals surface area contributed by atoms with Crippen LogP contribution in [0, 0.1) is 11.3 Å². The Balaban J connectivity index is 1.75. The SMILES string of the molecule is CC(C#N)(CCN1CCCOCC1)NC1CC1. The minimum atomic E-state index is -0.353. The summed E-state index contributed by atoms with van der Waals surface area (Å²) in [4.78, 5) is 2.41. The van der Waals surface area contributed by atoms with Crippen molar-refractivity contribution in [1.82, 2.24) is 10.2 Å². The van der Waals surface area contributed by atoms with Gasteiger partial charge < -0.3 is 9.64 Å². The average Bonchev–Trinajstić information content (AvgIpc) is 3.13. The molecule has 2 fully saturated rings. The Morgan fingerprint density at radius 3 is 2.94 bits per heavy atom. The van der Waals surface area contributed by atoms with E-state index in [-0.39, 0.29) is 5.54 Å². The summed E-state index contributed by atoms with van der Waals surface area (Å²) >= 11 is 0. The van der Waals surface area contributed by atoms with Crippen LogP contribution in [0.3, 0.4) is 0 Å². The molecule has 0 bridgehead atoms. The zero-order chi connectivity index (χ0) is 12.1. The number of nitrogens with zero attached hydrogens (tertiary/aromatic N) is 2. The van der Waals surface area contributed by atoms with Crippen molar-refractivity contribution in [3.05, 3.63) is 0 Å². The molecule has 1 atom stereocenters. The van der Waals surface area contributed by atoms with Gasteiger partial charge >= 0.3 is 0 Å². The molecule has 0 amide bonds. The van der Waals surface area contributed by atoms with Crippen molar-refractivity contribution < 1.29 is 4.74 Å². The molecule has 1 unspecified atom stereocenters. The molecular formula is C13H23N3O. The number of hydrogen-bond acceptors (Lipinski definition) is 4. The lowest BCUT2D eigenvalue weighted by molar-refractivity contribution is 0.140. The lowest BCUT2D eigenvalue weighted by atomic mass is 9.99. The van der Waals surface area contributed by atoms with Gasteiger partial charge in [-0.3, -0.25) is 5.32 Å². The van der Waals surface area contributed by atoms with Crippen LogP contribution in [0.5, 0.6) is 0 Å². The van der Waals surface area contributed by atoms with E-state index in [2.05, 4.69) is 16.3 Å². The van der Waals surface area contributed by atoms with Crippen molar-refractivity contribution in [3.8, 4) is 6.07 Å². The Morgan fingerprint density at radius 2 is 2.24 bits per heavy atom. The third kappa shape index (κ3) is 4.27. The molecular weight excluding hydrogens is 214 g/mol. The lowest BCUT2D eigenvalue weighted by Gasteiger charge is -2.27. The van der Waals surface area contributed by atoms with Crippen LogP contribution in [-0.4, -0.2) is 49.3 Å². The third-order valence-corrected chi connectivity index (χ3v) is 3.59. The predicted molar refractivity (Wildman–Crippen MR) is 66.7 cm³/mol. The summed E-state index contributed by atoms with van der Waals surface area (Å²) in [6.07, 6.45) is 4.48. The summed E-state index contributed by atoms with van der Waals surface area (Å²) in [5.74, 6) is 0. The monoisotopic (exact) mass is 237 g/mol. The van der Waals surface area contributed by atoms with Crippen LogP contribution in [0.1, 0.15) is 32.6 Å². The summed E-state index contributed by atoms with van der Waals surface area (Å²) in [6.45, 7) is 6.84. The first kappa shape index (κ1) is 12.8. The normalized spacial score (nSPS) is 25.9. The van der Waals surface area contributed by atoms with Gasteiger partial charge in [0.25, 0.3) is 0 Å². The van der Waals surface area contributed by atoms with E-state index in [9.17, 15) is 5.26 Å². The molecule has 1 aliphatic heterocycles. The van der Waals surface area contributed by atoms with Crippen LogP contribution < -0.4 is 5.32 Å². The van der Waals surface area contributed by atoms with Crippen LogP contribution in [0.2, 0.25) is 0 Å². The van der Waals surface area contributed by atoms with Crippen molar-refractivity contribution in [1.29, 1.82) is 5.26 Å². The average molecular weight is 237 g/mol. The molecule has 0 aromatic rings. The van der Waals surface area contributed by atoms with E-state index in [0.29, 0.717) is 6.04 Å². The van der Waals surface area contributed by atoms with Crippen molar-refractivity contribution in [2.75, 3.05) is 32.8 Å². The van der Waals surface area contributed by atoms with Gasteiger partial charge in [0.15, 0.2) is 0 Å². The molecule has 0 aromatic carbocycles. The maximum absolute atomic E-state index is 9.29. The largest absolute Gasteiger partial charge is 0.380 e. The van der Waals surface area contributed by atoms with E-state index in [1.807, 2.05) is 6.92 Å². The Bertz CT molecular complexity index is 277. The van der Waals surface area contributed by atoms with E-state index in [4.69, 9.17) is 4.74 Å². The van der Waals surface area contributed by atoms with Gasteiger partial charge in [-0.15, -0.1) is 0 Å². The molecule has 1 N–H and O–H groups in total. The molecule has 0 aromatic heterocycles. The number of nitrogens with one attached hydrogen (secondary N) is 1. The van der Waals surface area contributed by atoms with Crippen molar-refractivity contribution in [3.63, 3.8) is 0 Å². The van der Waals surface area contributed by atoms with E-state index in [1.165, 1.54) is 12.8 Å². The van der Waals surface area contributed by atoms with Crippen molar-refractivity contribution in [2.24, 2.45) is 0 Å². The molecule has 0 spiro atoms. The third-order valence-electron chi connectivity index (χ3n) is 3.59. The highest BCUT2D eigenvalue weighted by Crippen LogP contribution is 2.23. The fourth-order valence-corrected chi connectivity index (χ4v) is 2.24. The van der Waals surface area contributed by atoms with Crippen LogP contribution in [0.25, 0.3) is 0 Å². The summed E-state index contributed by atoms with van der Waals surface area (Å²) in [6, 6.07) is 3.03. The fourth-order valence-electron chi connectivity index (χ4n) is 2.24. The minimum Gasteiger partial charge on any atom is -0.380 e. The number of ether oxygens (including phenoxy) is 1. The Morgan fingerprint density at radius 1 is 1.41 bits per heavy atom. The summed E-state index contributed by atoms with van der Waals surface area (Å²) < 4.78 is 5.44. The quantitative estimate of drug-likeness (QED) is 0.779. The van der Waals surface area contributed by atoms with Gasteiger partial charge in [0.1, 0.15) is 5.54 Å². The Hall–Kier alpha value is -0.630. The van der Waals surface area contributed by atoms with Gasteiger partial charge in [-0.25, -0.2) is 0 Å². The van der Waals surface area contributed by atoms with Gasteiger partial charge in [-0.2, -0.15) is 5.26 Å². The number of rotatable bonds is 5. The topological polar surface area (TPSA) is 48.3 Å². The summed E-state index contributed by atoms with van der Waals surface area (Å²) in [5.41, 5.74) is -0.353. The summed E-state index contributed by atoms with van der Waals surface area (Å²) in [5, 5.41) is 12.7. The zero-order valence-corrected chi connectivity index (χ0v) is 10.7. The maximum atomic E-state index is 9.29. The van der Waals surface area contributed by atoms with Crippen molar-refractivity contribution in [2.45, 2.75) is 44.2 Å². The smallest absolute Gasteiger partial charge is 0.105 e. The first-order chi connectivity index (χ1) is 8.22. The van der Waals surface area contributed by atoms with Crippen LogP contribution >= 0.6 is 0 Å². The molecule has 2 aliphatic rings. The van der Waals surface area contributed by atoms with Gasteiger partial charge in [-0.1, -0.05) is 0 Å². The first-order valence-corrected chi connectivity index (χ1v) is 6.71. The Labute approximate surface area is 104 Å². The molecule has 0 radical (unpaired) electrons. The zero-order valence-electron chi connectivity index (χ0n) is 10.7. The fraction of sp³-hybridized carbons (Fsp3) is 0.923. The second-order valence-corrected chi connectivity index (χ2v) is 5.42. The van der Waals surface area contributed by atoms with Crippen LogP contribution in [-0.2, 0) is 4.74 Å². The van der Waals surface area contributed by atoms with E-state index in [1.54, 1.807) is 0 Å². The number of hydrogen-bond donors (Lipinski definition) is 1. The van der Waals surface area contributed by atoms with Crippen LogP contribution in [0.4, 0.5) is 0 Å². The highest BCUT2D eigenvalue weighted by atomic mass is 16.5. The molecule has 96 valence electrons. The van der Waals surface area contributed by atoms with Crippen LogP contribution in [0.15, 0.2) is 0 Å². The number of nitriles is 1.